The van der Waals surface area contributed by atoms with Crippen molar-refractivity contribution >= 4 is 12.9 Å². The first-order chi connectivity index (χ1) is 17.8. The fourth-order valence-corrected chi connectivity index (χ4v) is 6.94. The molecule has 6 heteroatoms. The summed E-state index contributed by atoms with van der Waals surface area (Å²) in [5, 5.41) is 0.586. The molecule has 3 rings (SSSR count). The van der Waals surface area contributed by atoms with E-state index < -0.39 is 18.5 Å². The molecule has 2 aromatic carbocycles. The number of benzene rings is 2. The van der Waals surface area contributed by atoms with Gasteiger partial charge in [0.2, 0.25) is 0 Å². The quantitative estimate of drug-likeness (QED) is 0.239. The van der Waals surface area contributed by atoms with E-state index in [0.29, 0.717) is 36.7 Å². The van der Waals surface area contributed by atoms with Crippen molar-refractivity contribution in [3.05, 3.63) is 88.3 Å². The molecule has 0 fully saturated rings. The smallest absolute Gasteiger partial charge is 0.296 e. The molecule has 0 saturated heterocycles. The highest BCUT2D eigenvalue weighted by Gasteiger charge is 2.40. The van der Waals surface area contributed by atoms with Crippen molar-refractivity contribution in [2.24, 2.45) is 0 Å². The third-order valence-corrected chi connectivity index (χ3v) is 9.27. The van der Waals surface area contributed by atoms with Crippen LogP contribution in [0.3, 0.4) is 0 Å². The van der Waals surface area contributed by atoms with E-state index in [9.17, 15) is 9.36 Å². The lowest BCUT2D eigenvalue weighted by atomic mass is 10.0. The van der Waals surface area contributed by atoms with E-state index in [1.54, 1.807) is 6.08 Å². The normalized spacial score (nSPS) is 15.6. The summed E-state index contributed by atoms with van der Waals surface area (Å²) in [6.45, 7) is 14.5. The molecule has 0 spiro atoms. The number of ether oxygens (including phenoxy) is 2. The number of allylic oxidation sites excluding steroid dienone is 4. The second-order valence-electron chi connectivity index (χ2n) is 11.4. The molecule has 0 amide bonds. The van der Waals surface area contributed by atoms with Gasteiger partial charge in [-0.3, -0.25) is 9.36 Å². The Balaban J connectivity index is 1.65. The number of para-hydroxylation sites is 1. The van der Waals surface area contributed by atoms with Crippen molar-refractivity contribution in [1.82, 2.24) is 0 Å². The maximum absolute atomic E-state index is 14.3. The van der Waals surface area contributed by atoms with Gasteiger partial charge in [-0.05, 0) is 91.0 Å². The zero-order chi connectivity index (χ0) is 28.0. The largest absolute Gasteiger partial charge is 0.488 e. The van der Waals surface area contributed by atoms with Gasteiger partial charge < -0.3 is 14.0 Å². The first-order valence-corrected chi connectivity index (χ1v) is 15.1. The summed E-state index contributed by atoms with van der Waals surface area (Å²) < 4.78 is 32.7. The molecule has 1 unspecified atom stereocenters. The third-order valence-electron chi connectivity index (χ3n) is 6.84. The van der Waals surface area contributed by atoms with Gasteiger partial charge in [-0.15, -0.1) is 0 Å². The van der Waals surface area contributed by atoms with Gasteiger partial charge in [-0.1, -0.05) is 54.1 Å². The number of carbonyl (C=O) groups excluding carboxylic acids is 1. The molecule has 5 nitrogen and oxygen atoms in total. The van der Waals surface area contributed by atoms with Gasteiger partial charge in [0.15, 0.2) is 0 Å². The summed E-state index contributed by atoms with van der Waals surface area (Å²) in [7, 11) is -3.76. The Kier molecular flexibility index (Phi) is 9.97. The van der Waals surface area contributed by atoms with Crippen LogP contribution in [0.15, 0.2) is 66.0 Å². The van der Waals surface area contributed by atoms with Crippen LogP contribution in [0.4, 0.5) is 0 Å². The molecule has 0 radical (unpaired) electrons. The van der Waals surface area contributed by atoms with E-state index >= 15 is 0 Å². The number of hydrogen-bond donors (Lipinski definition) is 0. The standard InChI is InChI=1S/C32H43O5P/c1-24-22-25(2)29(26(3)23-24)30(33)38(34,28-16-12-9-13-17-28)36-21-19-31(4,5)35-20-18-32(6,7)37-27-14-10-8-11-15-27/h8-12,14-16,22-23H,13,17-21H2,1-7H3. The van der Waals surface area contributed by atoms with Gasteiger partial charge in [-0.25, -0.2) is 0 Å². The highest BCUT2D eigenvalue weighted by atomic mass is 31.2. The number of aryl methyl sites for hydroxylation is 3. The van der Waals surface area contributed by atoms with Gasteiger partial charge in [0, 0.05) is 17.3 Å². The van der Waals surface area contributed by atoms with Crippen LogP contribution >= 0.6 is 7.37 Å². The van der Waals surface area contributed by atoms with Gasteiger partial charge in [0.05, 0.1) is 18.8 Å². The van der Waals surface area contributed by atoms with Crippen molar-refractivity contribution in [3.63, 3.8) is 0 Å². The number of hydrogen-bond acceptors (Lipinski definition) is 5. The zero-order valence-corrected chi connectivity index (χ0v) is 24.9. The van der Waals surface area contributed by atoms with Gasteiger partial charge >= 0.3 is 0 Å². The molecule has 0 aliphatic heterocycles. The van der Waals surface area contributed by atoms with E-state index in [1.807, 2.05) is 103 Å². The molecule has 1 aliphatic rings. The Labute approximate surface area is 228 Å². The van der Waals surface area contributed by atoms with E-state index in [-0.39, 0.29) is 12.2 Å². The maximum atomic E-state index is 14.3. The van der Waals surface area contributed by atoms with E-state index in [2.05, 4.69) is 0 Å². The molecule has 0 aromatic heterocycles. The molecule has 206 valence electrons. The monoisotopic (exact) mass is 538 g/mol. The zero-order valence-electron chi connectivity index (χ0n) is 24.0. The Hall–Kier alpha value is -2.46. The second-order valence-corrected chi connectivity index (χ2v) is 13.7. The Morgan fingerprint density at radius 1 is 0.921 bits per heavy atom. The molecule has 1 aliphatic carbocycles. The summed E-state index contributed by atoms with van der Waals surface area (Å²) in [5.74, 6) is 0.830. The van der Waals surface area contributed by atoms with E-state index in [1.165, 1.54) is 0 Å². The Morgan fingerprint density at radius 3 is 2.16 bits per heavy atom. The van der Waals surface area contributed by atoms with Crippen LogP contribution in [-0.4, -0.2) is 29.9 Å². The van der Waals surface area contributed by atoms with E-state index in [4.69, 9.17) is 14.0 Å². The van der Waals surface area contributed by atoms with Crippen molar-refractivity contribution < 1.29 is 23.4 Å². The highest BCUT2D eigenvalue weighted by molar-refractivity contribution is 7.80. The molecule has 38 heavy (non-hydrogen) atoms. The molecule has 0 saturated carbocycles. The van der Waals surface area contributed by atoms with Crippen LogP contribution in [0.2, 0.25) is 0 Å². The first kappa shape index (κ1) is 30.1. The third kappa shape index (κ3) is 8.02. The second kappa shape index (κ2) is 12.6. The lowest BCUT2D eigenvalue weighted by Gasteiger charge is -2.31. The van der Waals surface area contributed by atoms with Crippen LogP contribution in [0.25, 0.3) is 0 Å². The maximum Gasteiger partial charge on any atom is 0.296 e. The predicted octanol–water partition coefficient (Wildman–Crippen LogP) is 8.71. The van der Waals surface area contributed by atoms with Crippen LogP contribution in [-0.2, 0) is 13.8 Å². The first-order valence-electron chi connectivity index (χ1n) is 13.4. The van der Waals surface area contributed by atoms with Crippen molar-refractivity contribution in [3.8, 4) is 5.75 Å². The summed E-state index contributed by atoms with van der Waals surface area (Å²) in [5.41, 5.74) is 1.91. The minimum Gasteiger partial charge on any atom is -0.488 e. The SMILES string of the molecule is Cc1cc(C)c(C(=O)P(=O)(OCCC(C)(C)OCCC(C)(C)Oc2ccccc2)C2=CC=CCC2)c(C)c1. The highest BCUT2D eigenvalue weighted by Crippen LogP contribution is 2.60. The molecule has 0 heterocycles. The number of rotatable bonds is 13. The van der Waals surface area contributed by atoms with Gasteiger partial charge in [-0.2, -0.15) is 0 Å². The fourth-order valence-electron chi connectivity index (χ4n) is 4.70. The van der Waals surface area contributed by atoms with Crippen LogP contribution in [0.5, 0.6) is 5.75 Å². The molecular formula is C32H43O5P. The number of carbonyl (C=O) groups is 1. The summed E-state index contributed by atoms with van der Waals surface area (Å²) >= 11 is 0. The fraction of sp³-hybridized carbons (Fsp3) is 0.469. The topological polar surface area (TPSA) is 61.8 Å². The van der Waals surface area contributed by atoms with Crippen molar-refractivity contribution in [1.29, 1.82) is 0 Å². The lowest BCUT2D eigenvalue weighted by molar-refractivity contribution is -0.0500. The van der Waals surface area contributed by atoms with E-state index in [0.717, 1.165) is 28.9 Å². The summed E-state index contributed by atoms with van der Waals surface area (Å²) in [4.78, 5) is 13.8. The lowest BCUT2D eigenvalue weighted by Crippen LogP contribution is -2.33. The minimum absolute atomic E-state index is 0.158. The molecular weight excluding hydrogens is 495 g/mol. The van der Waals surface area contributed by atoms with Gasteiger partial charge in [0.25, 0.3) is 12.9 Å². The van der Waals surface area contributed by atoms with Crippen molar-refractivity contribution in [2.45, 2.75) is 85.4 Å². The van der Waals surface area contributed by atoms with Crippen LogP contribution in [0.1, 0.15) is 80.4 Å². The summed E-state index contributed by atoms with van der Waals surface area (Å²) in [6.07, 6.45) is 8.17. The molecule has 0 N–H and O–H groups in total. The van der Waals surface area contributed by atoms with Crippen LogP contribution < -0.4 is 4.74 Å². The van der Waals surface area contributed by atoms with Gasteiger partial charge in [0.1, 0.15) is 11.4 Å². The van der Waals surface area contributed by atoms with Crippen molar-refractivity contribution in [2.75, 3.05) is 13.2 Å². The Bertz CT molecular complexity index is 1200. The molecule has 1 atom stereocenters. The predicted molar refractivity (Wildman–Crippen MR) is 155 cm³/mol. The summed E-state index contributed by atoms with van der Waals surface area (Å²) in [6, 6.07) is 13.7. The Morgan fingerprint density at radius 2 is 1.55 bits per heavy atom. The molecule has 0 bridgehead atoms. The molecule has 2 aromatic rings. The average Bonchev–Trinajstić information content (AvgIpc) is 2.83. The average molecular weight is 539 g/mol. The van der Waals surface area contributed by atoms with Crippen LogP contribution in [0, 0.1) is 20.8 Å². The minimum atomic E-state index is -3.76.